The van der Waals surface area contributed by atoms with Gasteiger partial charge >= 0.3 is 0 Å². The third-order valence-electron chi connectivity index (χ3n) is 1.78. The summed E-state index contributed by atoms with van der Waals surface area (Å²) in [6.07, 6.45) is 0. The summed E-state index contributed by atoms with van der Waals surface area (Å²) in [5.41, 5.74) is 2.24. The summed E-state index contributed by atoms with van der Waals surface area (Å²) >= 11 is 0. The fourth-order valence-corrected chi connectivity index (χ4v) is 1.13. The molecule has 1 aromatic rings. The Morgan fingerprint density at radius 2 is 2.15 bits per heavy atom. The zero-order valence-corrected chi connectivity index (χ0v) is 8.35. The Balaban J connectivity index is 3.01. The number of ether oxygens (including phenoxy) is 1. The van der Waals surface area contributed by atoms with Crippen LogP contribution in [0.5, 0.6) is 5.75 Å². The summed E-state index contributed by atoms with van der Waals surface area (Å²) in [6, 6.07) is 5.99. The van der Waals surface area contributed by atoms with Crippen molar-refractivity contribution in [3.05, 3.63) is 29.3 Å². The predicted octanol–water partition coefficient (Wildman–Crippen LogP) is 2.77. The van der Waals surface area contributed by atoms with Crippen molar-refractivity contribution >= 4 is 0 Å². The third kappa shape index (κ3) is 2.52. The van der Waals surface area contributed by atoms with Crippen LogP contribution in [0.25, 0.3) is 0 Å². The van der Waals surface area contributed by atoms with E-state index in [2.05, 4.69) is 18.8 Å². The lowest BCUT2D eigenvalue weighted by molar-refractivity contribution is 0.340. The van der Waals surface area contributed by atoms with Crippen molar-refractivity contribution in [2.24, 2.45) is 0 Å². The van der Waals surface area contributed by atoms with Crippen LogP contribution in [0.3, 0.4) is 0 Å². The molecule has 0 spiro atoms. The molecule has 13 heavy (non-hydrogen) atoms. The van der Waals surface area contributed by atoms with Gasteiger partial charge in [0.1, 0.15) is 5.75 Å². The molecule has 1 rings (SSSR count). The molecule has 0 N–H and O–H groups in total. The highest BCUT2D eigenvalue weighted by molar-refractivity contribution is 5.45. The van der Waals surface area contributed by atoms with Crippen molar-refractivity contribution < 1.29 is 4.74 Å². The van der Waals surface area contributed by atoms with Crippen LogP contribution in [0.4, 0.5) is 0 Å². The van der Waals surface area contributed by atoms with Crippen molar-refractivity contribution in [2.75, 3.05) is 6.61 Å². The lowest BCUT2D eigenvalue weighted by atomic mass is 10.1. The van der Waals surface area contributed by atoms with Crippen molar-refractivity contribution in [1.29, 1.82) is 0 Å². The molecular weight excluding hydrogens is 160 g/mol. The molecule has 0 aliphatic carbocycles. The Hall–Kier alpha value is -1.42. The van der Waals surface area contributed by atoms with Crippen molar-refractivity contribution in [1.82, 2.24) is 0 Å². The fourth-order valence-electron chi connectivity index (χ4n) is 1.13. The first-order chi connectivity index (χ1) is 6.27. The van der Waals surface area contributed by atoms with E-state index in [1.54, 1.807) is 0 Å². The number of benzene rings is 1. The van der Waals surface area contributed by atoms with Gasteiger partial charge in [0.15, 0.2) is 0 Å². The second kappa shape index (κ2) is 4.57. The lowest BCUT2D eigenvalue weighted by Crippen LogP contribution is -1.92. The van der Waals surface area contributed by atoms with Gasteiger partial charge in [-0.25, -0.2) is 0 Å². The van der Waals surface area contributed by atoms with Crippen LogP contribution in [0.15, 0.2) is 18.2 Å². The van der Waals surface area contributed by atoms with Gasteiger partial charge in [-0.3, -0.25) is 0 Å². The van der Waals surface area contributed by atoms with Gasteiger partial charge in [0.25, 0.3) is 0 Å². The Bertz CT molecular complexity index is 342. The summed E-state index contributed by atoms with van der Waals surface area (Å²) < 4.78 is 5.38. The normalized spacial score (nSPS) is 8.85. The standard InChI is InChI=1S/C12H14O/c1-4-6-11-9-12(13-5-2)8-7-10(11)3/h7-9H,5H2,1-3H3. The Morgan fingerprint density at radius 1 is 1.38 bits per heavy atom. The van der Waals surface area contributed by atoms with E-state index in [1.165, 1.54) is 5.56 Å². The summed E-state index contributed by atoms with van der Waals surface area (Å²) in [5.74, 6) is 6.83. The predicted molar refractivity (Wildman–Crippen MR) is 54.9 cm³/mol. The molecule has 0 bridgehead atoms. The summed E-state index contributed by atoms with van der Waals surface area (Å²) in [5, 5.41) is 0. The summed E-state index contributed by atoms with van der Waals surface area (Å²) in [6.45, 7) is 6.56. The molecule has 68 valence electrons. The van der Waals surface area contributed by atoms with E-state index in [4.69, 9.17) is 4.74 Å². The lowest BCUT2D eigenvalue weighted by Gasteiger charge is -2.04. The molecule has 0 aliphatic heterocycles. The fraction of sp³-hybridized carbons (Fsp3) is 0.333. The minimum absolute atomic E-state index is 0.696. The van der Waals surface area contributed by atoms with E-state index >= 15 is 0 Å². The van der Waals surface area contributed by atoms with Crippen LogP contribution in [-0.4, -0.2) is 6.61 Å². The van der Waals surface area contributed by atoms with E-state index < -0.39 is 0 Å². The van der Waals surface area contributed by atoms with Crippen LogP contribution in [0.1, 0.15) is 25.0 Å². The van der Waals surface area contributed by atoms with E-state index in [-0.39, 0.29) is 0 Å². The zero-order valence-electron chi connectivity index (χ0n) is 8.35. The molecule has 0 aromatic heterocycles. The van der Waals surface area contributed by atoms with E-state index in [9.17, 15) is 0 Å². The molecule has 0 atom stereocenters. The van der Waals surface area contributed by atoms with Gasteiger partial charge in [0, 0.05) is 5.56 Å². The first kappa shape index (κ1) is 9.67. The third-order valence-corrected chi connectivity index (χ3v) is 1.78. The number of rotatable bonds is 2. The average molecular weight is 174 g/mol. The Morgan fingerprint density at radius 3 is 2.77 bits per heavy atom. The first-order valence-corrected chi connectivity index (χ1v) is 4.44. The minimum atomic E-state index is 0.696. The second-order valence-corrected chi connectivity index (χ2v) is 2.78. The SMILES string of the molecule is CC#Cc1cc(OCC)ccc1C. The highest BCUT2D eigenvalue weighted by atomic mass is 16.5. The van der Waals surface area contributed by atoms with Gasteiger partial charge in [0.05, 0.1) is 6.61 Å². The molecule has 1 nitrogen and oxygen atoms in total. The molecule has 0 radical (unpaired) electrons. The quantitative estimate of drug-likeness (QED) is 0.626. The van der Waals surface area contributed by atoms with Crippen molar-refractivity contribution in [3.8, 4) is 17.6 Å². The summed E-state index contributed by atoms with van der Waals surface area (Å²) in [4.78, 5) is 0. The molecule has 0 saturated heterocycles. The Labute approximate surface area is 79.7 Å². The van der Waals surface area contributed by atoms with E-state index in [1.807, 2.05) is 32.0 Å². The van der Waals surface area contributed by atoms with E-state index in [0.29, 0.717) is 6.61 Å². The minimum Gasteiger partial charge on any atom is -0.494 e. The molecule has 1 aromatic carbocycles. The Kier molecular flexibility index (Phi) is 3.40. The van der Waals surface area contributed by atoms with Crippen LogP contribution >= 0.6 is 0 Å². The molecular formula is C12H14O. The number of hydrogen-bond acceptors (Lipinski definition) is 1. The van der Waals surface area contributed by atoms with Gasteiger partial charge in [-0.2, -0.15) is 0 Å². The molecule has 0 aliphatic rings. The van der Waals surface area contributed by atoms with Gasteiger partial charge < -0.3 is 4.74 Å². The van der Waals surface area contributed by atoms with Gasteiger partial charge in [0.2, 0.25) is 0 Å². The number of aryl methyl sites for hydroxylation is 1. The van der Waals surface area contributed by atoms with Gasteiger partial charge in [-0.05, 0) is 38.5 Å². The number of hydrogen-bond donors (Lipinski definition) is 0. The monoisotopic (exact) mass is 174 g/mol. The topological polar surface area (TPSA) is 9.23 Å². The highest BCUT2D eigenvalue weighted by Crippen LogP contribution is 2.16. The van der Waals surface area contributed by atoms with Crippen LogP contribution in [0, 0.1) is 18.8 Å². The second-order valence-electron chi connectivity index (χ2n) is 2.78. The molecule has 1 heteroatoms. The maximum atomic E-state index is 5.38. The largest absolute Gasteiger partial charge is 0.494 e. The maximum Gasteiger partial charge on any atom is 0.120 e. The van der Waals surface area contributed by atoms with E-state index in [0.717, 1.165) is 11.3 Å². The van der Waals surface area contributed by atoms with Crippen molar-refractivity contribution in [2.45, 2.75) is 20.8 Å². The molecule has 0 unspecified atom stereocenters. The van der Waals surface area contributed by atoms with Crippen LogP contribution < -0.4 is 4.74 Å². The molecule has 0 saturated carbocycles. The van der Waals surface area contributed by atoms with Gasteiger partial charge in [-0.15, -0.1) is 5.92 Å². The molecule has 0 heterocycles. The first-order valence-electron chi connectivity index (χ1n) is 4.44. The van der Waals surface area contributed by atoms with Crippen LogP contribution in [0.2, 0.25) is 0 Å². The average Bonchev–Trinajstić information content (AvgIpc) is 2.12. The summed E-state index contributed by atoms with van der Waals surface area (Å²) in [7, 11) is 0. The highest BCUT2D eigenvalue weighted by Gasteiger charge is 1.97. The smallest absolute Gasteiger partial charge is 0.120 e. The molecule has 0 fully saturated rings. The van der Waals surface area contributed by atoms with Crippen LogP contribution in [-0.2, 0) is 0 Å². The maximum absolute atomic E-state index is 5.38. The zero-order chi connectivity index (χ0) is 9.68. The van der Waals surface area contributed by atoms with Crippen molar-refractivity contribution in [3.63, 3.8) is 0 Å². The van der Waals surface area contributed by atoms with Gasteiger partial charge in [-0.1, -0.05) is 12.0 Å². The molecule has 0 amide bonds.